The standard InChI is InChI=1S/C5H4N4.Cu/c1-2-4-5(6-3-1)8-9-7-4;/h1-3H,(H,6,7,8,9);. The Hall–Kier alpha value is -0.931. The predicted octanol–water partition coefficient (Wildman–Crippen LogP) is 0.350. The molecular weight excluding hydrogens is 180 g/mol. The maximum absolute atomic E-state index is 3.94. The third-order valence-corrected chi connectivity index (χ3v) is 1.10. The summed E-state index contributed by atoms with van der Waals surface area (Å²) in [6.45, 7) is 0. The summed E-state index contributed by atoms with van der Waals surface area (Å²) in [4.78, 5) is 3.94. The second kappa shape index (κ2) is 2.77. The van der Waals surface area contributed by atoms with Crippen LogP contribution in [0, 0.1) is 0 Å². The average molecular weight is 184 g/mol. The largest absolute Gasteiger partial charge is 0.256 e. The molecule has 1 N–H and O–H groups in total. The maximum atomic E-state index is 3.94. The van der Waals surface area contributed by atoms with Crippen LogP contribution in [0.1, 0.15) is 0 Å². The molecular formula is C5H4CuN4. The molecule has 5 heteroatoms. The number of H-pyrrole nitrogens is 1. The quantitative estimate of drug-likeness (QED) is 0.600. The van der Waals surface area contributed by atoms with Crippen LogP contribution < -0.4 is 0 Å². The van der Waals surface area contributed by atoms with Crippen LogP contribution in [0.2, 0.25) is 0 Å². The number of rotatable bonds is 0. The number of aromatic nitrogens is 4. The number of hydrogen-bond acceptors (Lipinski definition) is 3. The second-order valence-corrected chi connectivity index (χ2v) is 1.69. The summed E-state index contributed by atoms with van der Waals surface area (Å²) in [5, 5.41) is 9.96. The molecule has 4 nitrogen and oxygen atoms in total. The van der Waals surface area contributed by atoms with Gasteiger partial charge in [-0.3, -0.25) is 5.10 Å². The van der Waals surface area contributed by atoms with Gasteiger partial charge in [0.15, 0.2) is 0 Å². The van der Waals surface area contributed by atoms with Crippen LogP contribution in [-0.2, 0) is 17.1 Å². The minimum absolute atomic E-state index is 0. The molecule has 2 aromatic rings. The number of nitrogens with one attached hydrogen (secondary N) is 1. The fourth-order valence-electron chi connectivity index (χ4n) is 0.690. The van der Waals surface area contributed by atoms with Crippen LogP contribution in [0.4, 0.5) is 0 Å². The van der Waals surface area contributed by atoms with Gasteiger partial charge >= 0.3 is 0 Å². The second-order valence-electron chi connectivity index (χ2n) is 1.69. The number of hydrogen-bond donors (Lipinski definition) is 1. The Labute approximate surface area is 67.5 Å². The van der Waals surface area contributed by atoms with E-state index < -0.39 is 0 Å². The van der Waals surface area contributed by atoms with E-state index >= 15 is 0 Å². The van der Waals surface area contributed by atoms with Gasteiger partial charge < -0.3 is 0 Å². The Bertz CT molecular complexity index is 288. The summed E-state index contributed by atoms with van der Waals surface area (Å²) < 4.78 is 0. The molecule has 0 spiro atoms. The van der Waals surface area contributed by atoms with Gasteiger partial charge in [-0.15, -0.1) is 5.10 Å². The Balaban J connectivity index is 0.000000500. The molecule has 0 unspecified atom stereocenters. The molecule has 0 amide bonds. The van der Waals surface area contributed by atoms with Gasteiger partial charge in [0, 0.05) is 23.3 Å². The molecule has 2 heterocycles. The van der Waals surface area contributed by atoms with Crippen molar-refractivity contribution in [1.29, 1.82) is 0 Å². The molecule has 0 saturated heterocycles. The summed E-state index contributed by atoms with van der Waals surface area (Å²) >= 11 is 0. The fourth-order valence-corrected chi connectivity index (χ4v) is 0.690. The van der Waals surface area contributed by atoms with Gasteiger partial charge in [0.1, 0.15) is 5.52 Å². The maximum Gasteiger partial charge on any atom is 0.201 e. The van der Waals surface area contributed by atoms with Crippen molar-refractivity contribution in [2.75, 3.05) is 0 Å². The molecule has 0 bridgehead atoms. The number of pyridine rings is 1. The van der Waals surface area contributed by atoms with Crippen molar-refractivity contribution in [3.8, 4) is 0 Å². The zero-order valence-corrected chi connectivity index (χ0v) is 5.82. The number of nitrogens with zero attached hydrogens (tertiary/aromatic N) is 3. The molecule has 2 rings (SSSR count). The Morgan fingerprint density at radius 1 is 1.40 bits per heavy atom. The third-order valence-electron chi connectivity index (χ3n) is 1.10. The van der Waals surface area contributed by atoms with Gasteiger partial charge in [-0.1, -0.05) is 5.21 Å². The van der Waals surface area contributed by atoms with E-state index in [4.69, 9.17) is 0 Å². The van der Waals surface area contributed by atoms with E-state index in [1.165, 1.54) is 0 Å². The Morgan fingerprint density at radius 3 is 3.10 bits per heavy atom. The van der Waals surface area contributed by atoms with Gasteiger partial charge in [0.2, 0.25) is 5.65 Å². The number of fused-ring (bicyclic) bond motifs is 1. The molecule has 0 aromatic carbocycles. The SMILES string of the molecule is [Cu].c1cnc2nn[nH]c2c1. The monoisotopic (exact) mass is 183 g/mol. The van der Waals surface area contributed by atoms with Crippen molar-refractivity contribution in [3.63, 3.8) is 0 Å². The van der Waals surface area contributed by atoms with E-state index in [0.29, 0.717) is 5.65 Å². The van der Waals surface area contributed by atoms with Crippen molar-refractivity contribution < 1.29 is 17.1 Å². The van der Waals surface area contributed by atoms with Gasteiger partial charge in [0.05, 0.1) is 0 Å². The molecule has 1 radical (unpaired) electrons. The van der Waals surface area contributed by atoms with Gasteiger partial charge in [-0.2, -0.15) is 0 Å². The molecule has 10 heavy (non-hydrogen) atoms. The molecule has 0 saturated carbocycles. The normalized spacial score (nSPS) is 9.20. The smallest absolute Gasteiger partial charge is 0.201 e. The summed E-state index contributed by atoms with van der Waals surface area (Å²) in [5.41, 5.74) is 1.54. The zero-order valence-electron chi connectivity index (χ0n) is 4.88. The minimum Gasteiger partial charge on any atom is -0.256 e. The van der Waals surface area contributed by atoms with E-state index in [9.17, 15) is 0 Å². The van der Waals surface area contributed by atoms with E-state index in [0.717, 1.165) is 5.52 Å². The zero-order chi connectivity index (χ0) is 6.10. The predicted molar refractivity (Wildman–Crippen MR) is 31.7 cm³/mol. The summed E-state index contributed by atoms with van der Waals surface area (Å²) in [6.07, 6.45) is 1.69. The number of aromatic amines is 1. The van der Waals surface area contributed by atoms with Crippen LogP contribution in [0.5, 0.6) is 0 Å². The molecule has 0 atom stereocenters. The van der Waals surface area contributed by atoms with Crippen molar-refractivity contribution in [2.24, 2.45) is 0 Å². The molecule has 0 aliphatic heterocycles. The first kappa shape index (κ1) is 7.18. The molecule has 0 fully saturated rings. The summed E-state index contributed by atoms with van der Waals surface area (Å²) in [6, 6.07) is 3.71. The first-order valence-corrected chi connectivity index (χ1v) is 2.58. The van der Waals surface area contributed by atoms with Crippen LogP contribution in [0.15, 0.2) is 18.3 Å². The van der Waals surface area contributed by atoms with E-state index in [1.54, 1.807) is 6.20 Å². The van der Waals surface area contributed by atoms with Crippen molar-refractivity contribution in [3.05, 3.63) is 18.3 Å². The van der Waals surface area contributed by atoms with Gasteiger partial charge in [-0.05, 0) is 12.1 Å². The van der Waals surface area contributed by atoms with Crippen LogP contribution in [-0.4, -0.2) is 20.4 Å². The first-order chi connectivity index (χ1) is 4.47. The first-order valence-electron chi connectivity index (χ1n) is 2.58. The summed E-state index contributed by atoms with van der Waals surface area (Å²) in [7, 11) is 0. The van der Waals surface area contributed by atoms with Crippen molar-refractivity contribution >= 4 is 11.2 Å². The fraction of sp³-hybridized carbons (Fsp3) is 0. The summed E-state index contributed by atoms with van der Waals surface area (Å²) in [5.74, 6) is 0. The molecule has 0 aliphatic rings. The minimum atomic E-state index is 0. The van der Waals surface area contributed by atoms with Gasteiger partial charge in [0.25, 0.3) is 0 Å². The Kier molecular flexibility index (Phi) is 1.99. The molecule has 2 aromatic heterocycles. The van der Waals surface area contributed by atoms with Crippen molar-refractivity contribution in [2.45, 2.75) is 0 Å². The molecule has 55 valence electrons. The van der Waals surface area contributed by atoms with E-state index in [1.807, 2.05) is 12.1 Å². The van der Waals surface area contributed by atoms with Crippen LogP contribution in [0.3, 0.4) is 0 Å². The van der Waals surface area contributed by atoms with E-state index in [2.05, 4.69) is 20.4 Å². The van der Waals surface area contributed by atoms with Gasteiger partial charge in [-0.25, -0.2) is 4.98 Å². The average Bonchev–Trinajstić information content (AvgIpc) is 2.33. The third kappa shape index (κ3) is 1.01. The van der Waals surface area contributed by atoms with Crippen molar-refractivity contribution in [1.82, 2.24) is 20.4 Å². The topological polar surface area (TPSA) is 54.5 Å². The van der Waals surface area contributed by atoms with Crippen LogP contribution in [0.25, 0.3) is 11.2 Å². The molecule has 0 aliphatic carbocycles. The Morgan fingerprint density at radius 2 is 2.30 bits per heavy atom. The van der Waals surface area contributed by atoms with E-state index in [-0.39, 0.29) is 17.1 Å². The van der Waals surface area contributed by atoms with Crippen LogP contribution >= 0.6 is 0 Å².